The minimum Gasteiger partial charge on any atom is -0.368 e. The Morgan fingerprint density at radius 2 is 1.80 bits per heavy atom. The van der Waals surface area contributed by atoms with Crippen LogP contribution in [0.4, 0.5) is 23.7 Å². The number of primary amides is 1. The Bertz CT molecular complexity index is 1080. The van der Waals surface area contributed by atoms with Gasteiger partial charge in [-0.2, -0.15) is 18.4 Å². The zero-order valence-corrected chi connectivity index (χ0v) is 15.6. The predicted molar refractivity (Wildman–Crippen MR) is 98.7 cm³/mol. The molecule has 1 aliphatic heterocycles. The number of nitriles is 1. The molecule has 1 saturated heterocycles. The van der Waals surface area contributed by atoms with Crippen molar-refractivity contribution < 1.29 is 27.6 Å². The molecule has 154 valence electrons. The molecular weight excluding hydrogens is 401 g/mol. The van der Waals surface area contributed by atoms with Gasteiger partial charge >= 0.3 is 12.2 Å². The third-order valence-corrected chi connectivity index (χ3v) is 4.92. The van der Waals surface area contributed by atoms with E-state index in [4.69, 9.17) is 11.0 Å². The van der Waals surface area contributed by atoms with Crippen molar-refractivity contribution in [2.24, 2.45) is 5.73 Å². The number of benzene rings is 2. The number of amides is 4. The molecule has 1 aliphatic rings. The maximum absolute atomic E-state index is 13.4. The molecule has 4 amide bonds. The molecule has 0 aliphatic carbocycles. The fourth-order valence-corrected chi connectivity index (χ4v) is 3.39. The number of imide groups is 1. The van der Waals surface area contributed by atoms with Crippen LogP contribution in [0.1, 0.15) is 23.6 Å². The van der Waals surface area contributed by atoms with Gasteiger partial charge in [-0.05, 0) is 30.7 Å². The summed E-state index contributed by atoms with van der Waals surface area (Å²) < 4.78 is 40.1. The van der Waals surface area contributed by atoms with Gasteiger partial charge in [0.05, 0.1) is 22.9 Å². The Morgan fingerprint density at radius 3 is 2.33 bits per heavy atom. The largest absolute Gasteiger partial charge is 0.417 e. The van der Waals surface area contributed by atoms with Crippen molar-refractivity contribution in [3.8, 4) is 6.07 Å². The highest BCUT2D eigenvalue weighted by Crippen LogP contribution is 2.41. The molecular formula is C20H15F3N4O3. The molecule has 2 N–H and O–H groups in total. The van der Waals surface area contributed by atoms with Gasteiger partial charge in [-0.3, -0.25) is 14.5 Å². The molecule has 30 heavy (non-hydrogen) atoms. The number of alkyl halides is 3. The second-order valence-corrected chi connectivity index (χ2v) is 6.75. The highest BCUT2D eigenvalue weighted by Gasteiger charge is 2.56. The molecule has 1 atom stereocenters. The maximum Gasteiger partial charge on any atom is 0.417 e. The Kier molecular flexibility index (Phi) is 4.99. The number of hydrogen-bond donors (Lipinski definition) is 1. The number of carbonyl (C=O) groups excluding carboxylic acids is 3. The Labute approximate surface area is 169 Å². The van der Waals surface area contributed by atoms with Crippen molar-refractivity contribution >= 4 is 23.5 Å². The number of rotatable bonds is 4. The van der Waals surface area contributed by atoms with E-state index in [0.717, 1.165) is 17.0 Å². The van der Waals surface area contributed by atoms with E-state index in [1.807, 2.05) is 0 Å². The third kappa shape index (κ3) is 3.24. The van der Waals surface area contributed by atoms with Crippen molar-refractivity contribution in [2.45, 2.75) is 18.6 Å². The summed E-state index contributed by atoms with van der Waals surface area (Å²) in [5, 5.41) is 8.96. The number of halogens is 3. The zero-order chi connectivity index (χ0) is 22.3. The lowest BCUT2D eigenvalue weighted by atomic mass is 9.90. The molecule has 2 aromatic rings. The summed E-state index contributed by atoms with van der Waals surface area (Å²) in [7, 11) is 0. The van der Waals surface area contributed by atoms with Gasteiger partial charge in [-0.15, -0.1) is 0 Å². The van der Waals surface area contributed by atoms with Crippen molar-refractivity contribution in [3.63, 3.8) is 0 Å². The van der Waals surface area contributed by atoms with Crippen LogP contribution in [0.15, 0.2) is 48.5 Å². The lowest BCUT2D eigenvalue weighted by molar-refractivity contribution is -0.137. The standard InChI is InChI=1S/C20H15F3N4O3/c1-19(13-5-3-2-4-6-13)17(29)27(18(30)26(19)11-16(25)28)14-8-7-12(10-24)15(9-14)20(21,22)23/h2-9H,11H2,1H3,(H2,25,28). The van der Waals surface area contributed by atoms with E-state index in [-0.39, 0.29) is 5.69 Å². The van der Waals surface area contributed by atoms with Crippen LogP contribution in [0.5, 0.6) is 0 Å². The van der Waals surface area contributed by atoms with Crippen molar-refractivity contribution in [1.29, 1.82) is 5.26 Å². The molecule has 1 fully saturated rings. The Balaban J connectivity index is 2.18. The van der Waals surface area contributed by atoms with Gasteiger partial charge in [0.25, 0.3) is 5.91 Å². The first-order valence-corrected chi connectivity index (χ1v) is 8.63. The SMILES string of the molecule is CC1(c2ccccc2)C(=O)N(c2ccc(C#N)c(C(F)(F)F)c2)C(=O)N1CC(N)=O. The summed E-state index contributed by atoms with van der Waals surface area (Å²) in [5.74, 6) is -1.74. The molecule has 0 radical (unpaired) electrons. The summed E-state index contributed by atoms with van der Waals surface area (Å²) in [6, 6.07) is 11.0. The van der Waals surface area contributed by atoms with E-state index in [0.29, 0.717) is 16.5 Å². The van der Waals surface area contributed by atoms with Crippen molar-refractivity contribution in [2.75, 3.05) is 11.4 Å². The van der Waals surface area contributed by atoms with Gasteiger partial charge in [0.2, 0.25) is 5.91 Å². The first kappa shape index (κ1) is 20.9. The van der Waals surface area contributed by atoms with Crippen LogP contribution in [0.3, 0.4) is 0 Å². The van der Waals surface area contributed by atoms with Crippen LogP contribution in [-0.4, -0.2) is 29.3 Å². The molecule has 1 heterocycles. The second-order valence-electron chi connectivity index (χ2n) is 6.75. The van der Waals surface area contributed by atoms with Crippen LogP contribution in [0, 0.1) is 11.3 Å². The summed E-state index contributed by atoms with van der Waals surface area (Å²) in [4.78, 5) is 39.4. The summed E-state index contributed by atoms with van der Waals surface area (Å²) in [6.07, 6.45) is -4.87. The molecule has 0 bridgehead atoms. The number of hydrogen-bond acceptors (Lipinski definition) is 4. The fraction of sp³-hybridized carbons (Fsp3) is 0.200. The summed E-state index contributed by atoms with van der Waals surface area (Å²) in [5.41, 5.74) is 1.63. The summed E-state index contributed by atoms with van der Waals surface area (Å²) >= 11 is 0. The van der Waals surface area contributed by atoms with E-state index in [9.17, 15) is 27.6 Å². The molecule has 0 aromatic heterocycles. The number of urea groups is 1. The first-order chi connectivity index (χ1) is 14.0. The van der Waals surface area contributed by atoms with Gasteiger partial charge in [-0.1, -0.05) is 30.3 Å². The quantitative estimate of drug-likeness (QED) is 0.773. The van der Waals surface area contributed by atoms with Crippen molar-refractivity contribution in [3.05, 3.63) is 65.2 Å². The number of anilines is 1. The Morgan fingerprint density at radius 1 is 1.17 bits per heavy atom. The van der Waals surface area contributed by atoms with Gasteiger partial charge in [0.15, 0.2) is 0 Å². The van der Waals surface area contributed by atoms with Gasteiger partial charge in [-0.25, -0.2) is 9.69 Å². The van der Waals surface area contributed by atoms with E-state index in [2.05, 4.69) is 0 Å². The molecule has 0 saturated carbocycles. The second kappa shape index (κ2) is 7.18. The lowest BCUT2D eigenvalue weighted by Crippen LogP contribution is -2.47. The minimum absolute atomic E-state index is 0.358. The van der Waals surface area contributed by atoms with E-state index >= 15 is 0 Å². The topological polar surface area (TPSA) is 108 Å². The predicted octanol–water partition coefficient (Wildman–Crippen LogP) is 2.75. The maximum atomic E-state index is 13.4. The van der Waals surface area contributed by atoms with E-state index in [1.165, 1.54) is 13.0 Å². The summed E-state index contributed by atoms with van der Waals surface area (Å²) in [6.45, 7) is 0.773. The normalized spacial score (nSPS) is 19.2. The molecule has 0 spiro atoms. The molecule has 10 heteroatoms. The van der Waals surface area contributed by atoms with Crippen LogP contribution in [-0.2, 0) is 21.3 Å². The molecule has 1 unspecified atom stereocenters. The zero-order valence-electron chi connectivity index (χ0n) is 15.6. The van der Waals surface area contributed by atoms with E-state index in [1.54, 1.807) is 30.3 Å². The number of nitrogens with two attached hydrogens (primary N) is 1. The average Bonchev–Trinajstić information content (AvgIpc) is 2.88. The van der Waals surface area contributed by atoms with Crippen LogP contribution in [0.25, 0.3) is 0 Å². The number of nitrogens with zero attached hydrogens (tertiary/aromatic N) is 3. The van der Waals surface area contributed by atoms with Crippen LogP contribution >= 0.6 is 0 Å². The highest BCUT2D eigenvalue weighted by atomic mass is 19.4. The fourth-order valence-electron chi connectivity index (χ4n) is 3.39. The third-order valence-electron chi connectivity index (χ3n) is 4.92. The number of carbonyl (C=O) groups is 3. The van der Waals surface area contributed by atoms with Crippen LogP contribution < -0.4 is 10.6 Å². The Hall–Kier alpha value is -3.87. The first-order valence-electron chi connectivity index (χ1n) is 8.63. The lowest BCUT2D eigenvalue weighted by Gasteiger charge is -2.31. The van der Waals surface area contributed by atoms with Crippen LogP contribution in [0.2, 0.25) is 0 Å². The average molecular weight is 416 g/mol. The molecule has 2 aromatic carbocycles. The molecule has 3 rings (SSSR count). The smallest absolute Gasteiger partial charge is 0.368 e. The van der Waals surface area contributed by atoms with Gasteiger partial charge < -0.3 is 5.73 Å². The monoisotopic (exact) mass is 416 g/mol. The van der Waals surface area contributed by atoms with Crippen molar-refractivity contribution in [1.82, 2.24) is 4.90 Å². The van der Waals surface area contributed by atoms with Gasteiger partial charge in [0.1, 0.15) is 12.1 Å². The minimum atomic E-state index is -4.87. The molecule has 7 nitrogen and oxygen atoms in total. The van der Waals surface area contributed by atoms with Gasteiger partial charge in [0, 0.05) is 0 Å². The van der Waals surface area contributed by atoms with E-state index < -0.39 is 47.2 Å². The highest BCUT2D eigenvalue weighted by molar-refractivity contribution is 6.23.